The summed E-state index contributed by atoms with van der Waals surface area (Å²) in [6, 6.07) is 6.35. The summed E-state index contributed by atoms with van der Waals surface area (Å²) >= 11 is 3.11. The van der Waals surface area contributed by atoms with Crippen LogP contribution in [0.1, 0.15) is 5.76 Å². The van der Waals surface area contributed by atoms with Gasteiger partial charge in [-0.3, -0.25) is 0 Å². The first kappa shape index (κ1) is 11.3. The smallest absolute Gasteiger partial charge is 0.139 e. The molecule has 84 valence electrons. The molecule has 0 atom stereocenters. The molecule has 0 spiro atoms. The number of hydrogen-bond acceptors (Lipinski definition) is 3. The Morgan fingerprint density at radius 1 is 1.38 bits per heavy atom. The standard InChI is InChI=1S/C11H9BrFNO2/c12-9-5-7(1-2-10(9)13)11-6-8(3-4-15)16-14-11/h1-2,5-6,15H,3-4H2. The van der Waals surface area contributed by atoms with Crippen molar-refractivity contribution in [2.75, 3.05) is 6.61 Å². The fourth-order valence-corrected chi connectivity index (χ4v) is 1.71. The number of hydrogen-bond donors (Lipinski definition) is 1. The third-order valence-corrected chi connectivity index (χ3v) is 2.74. The Hall–Kier alpha value is -1.20. The monoisotopic (exact) mass is 285 g/mol. The van der Waals surface area contributed by atoms with Crippen molar-refractivity contribution in [1.82, 2.24) is 5.16 Å². The van der Waals surface area contributed by atoms with Gasteiger partial charge in [-0.1, -0.05) is 5.16 Å². The van der Waals surface area contributed by atoms with E-state index < -0.39 is 0 Å². The molecule has 0 amide bonds. The highest BCUT2D eigenvalue weighted by Gasteiger charge is 2.08. The molecular weight excluding hydrogens is 277 g/mol. The van der Waals surface area contributed by atoms with Gasteiger partial charge in [0.2, 0.25) is 0 Å². The Kier molecular flexibility index (Phi) is 3.36. The molecule has 0 aliphatic carbocycles. The van der Waals surface area contributed by atoms with E-state index in [1.807, 2.05) is 0 Å². The van der Waals surface area contributed by atoms with E-state index in [0.717, 1.165) is 5.56 Å². The summed E-state index contributed by atoms with van der Waals surface area (Å²) in [5.41, 5.74) is 1.39. The second kappa shape index (κ2) is 4.76. The van der Waals surface area contributed by atoms with Crippen LogP contribution in [0.5, 0.6) is 0 Å². The number of benzene rings is 1. The Bertz CT molecular complexity index is 498. The van der Waals surface area contributed by atoms with Crippen molar-refractivity contribution in [1.29, 1.82) is 0 Å². The molecule has 1 aromatic carbocycles. The largest absolute Gasteiger partial charge is 0.396 e. The van der Waals surface area contributed by atoms with Crippen LogP contribution in [0.4, 0.5) is 4.39 Å². The van der Waals surface area contributed by atoms with Crippen molar-refractivity contribution in [3.63, 3.8) is 0 Å². The van der Waals surface area contributed by atoms with Crippen LogP contribution < -0.4 is 0 Å². The highest BCUT2D eigenvalue weighted by Crippen LogP contribution is 2.24. The molecule has 0 radical (unpaired) electrons. The van der Waals surface area contributed by atoms with Gasteiger partial charge in [-0.25, -0.2) is 4.39 Å². The average molecular weight is 286 g/mol. The molecule has 0 bridgehead atoms. The average Bonchev–Trinajstić information content (AvgIpc) is 2.71. The summed E-state index contributed by atoms with van der Waals surface area (Å²) in [4.78, 5) is 0. The number of nitrogens with zero attached hydrogens (tertiary/aromatic N) is 1. The Labute approximate surface area is 100 Å². The van der Waals surface area contributed by atoms with E-state index in [0.29, 0.717) is 22.3 Å². The van der Waals surface area contributed by atoms with Crippen LogP contribution in [0.15, 0.2) is 33.3 Å². The lowest BCUT2D eigenvalue weighted by atomic mass is 10.1. The molecule has 0 fully saturated rings. The number of aromatic nitrogens is 1. The quantitative estimate of drug-likeness (QED) is 0.943. The third-order valence-electron chi connectivity index (χ3n) is 2.13. The maximum atomic E-state index is 13.0. The molecule has 16 heavy (non-hydrogen) atoms. The zero-order chi connectivity index (χ0) is 11.5. The first-order valence-electron chi connectivity index (χ1n) is 4.72. The minimum atomic E-state index is -0.317. The molecule has 0 aliphatic rings. The SMILES string of the molecule is OCCc1cc(-c2ccc(F)c(Br)c2)no1. The van der Waals surface area contributed by atoms with Crippen LogP contribution >= 0.6 is 15.9 Å². The molecule has 3 nitrogen and oxygen atoms in total. The number of aliphatic hydroxyl groups is 1. The fraction of sp³-hybridized carbons (Fsp3) is 0.182. The van der Waals surface area contributed by atoms with Crippen LogP contribution in [0, 0.1) is 5.82 Å². The highest BCUT2D eigenvalue weighted by molar-refractivity contribution is 9.10. The minimum absolute atomic E-state index is 0.0156. The predicted octanol–water partition coefficient (Wildman–Crippen LogP) is 2.78. The van der Waals surface area contributed by atoms with Gasteiger partial charge in [0.15, 0.2) is 0 Å². The van der Waals surface area contributed by atoms with Crippen molar-refractivity contribution in [2.45, 2.75) is 6.42 Å². The van der Waals surface area contributed by atoms with Gasteiger partial charge in [0, 0.05) is 18.1 Å². The third kappa shape index (κ3) is 2.31. The molecule has 2 rings (SSSR count). The fourth-order valence-electron chi connectivity index (χ4n) is 1.33. The van der Waals surface area contributed by atoms with E-state index in [1.165, 1.54) is 6.07 Å². The molecular formula is C11H9BrFNO2. The number of rotatable bonds is 3. The second-order valence-electron chi connectivity index (χ2n) is 3.28. The van der Waals surface area contributed by atoms with Crippen molar-refractivity contribution in [2.24, 2.45) is 0 Å². The van der Waals surface area contributed by atoms with E-state index in [2.05, 4.69) is 21.1 Å². The van der Waals surface area contributed by atoms with E-state index >= 15 is 0 Å². The van der Waals surface area contributed by atoms with E-state index in [4.69, 9.17) is 9.63 Å². The number of halogens is 2. The minimum Gasteiger partial charge on any atom is -0.396 e. The van der Waals surface area contributed by atoms with Crippen LogP contribution in [-0.2, 0) is 6.42 Å². The molecule has 5 heteroatoms. The van der Waals surface area contributed by atoms with Gasteiger partial charge in [-0.15, -0.1) is 0 Å². The van der Waals surface area contributed by atoms with Crippen molar-refractivity contribution in [3.8, 4) is 11.3 Å². The van der Waals surface area contributed by atoms with Crippen LogP contribution in [-0.4, -0.2) is 16.9 Å². The summed E-state index contributed by atoms with van der Waals surface area (Å²) in [7, 11) is 0. The first-order valence-corrected chi connectivity index (χ1v) is 5.52. The first-order chi connectivity index (χ1) is 7.70. The van der Waals surface area contributed by atoms with Gasteiger partial charge in [-0.2, -0.15) is 0 Å². The highest BCUT2D eigenvalue weighted by atomic mass is 79.9. The van der Waals surface area contributed by atoms with Crippen molar-refractivity contribution in [3.05, 3.63) is 40.3 Å². The normalized spacial score (nSPS) is 10.7. The molecule has 0 saturated carbocycles. The van der Waals surface area contributed by atoms with E-state index in [1.54, 1.807) is 18.2 Å². The van der Waals surface area contributed by atoms with Gasteiger partial charge >= 0.3 is 0 Å². The predicted molar refractivity (Wildman–Crippen MR) is 60.4 cm³/mol. The maximum Gasteiger partial charge on any atom is 0.139 e. The van der Waals surface area contributed by atoms with Crippen LogP contribution in [0.2, 0.25) is 0 Å². The Morgan fingerprint density at radius 3 is 2.88 bits per heavy atom. The summed E-state index contributed by atoms with van der Waals surface area (Å²) in [5.74, 6) is 0.292. The van der Waals surface area contributed by atoms with Crippen molar-refractivity contribution < 1.29 is 14.0 Å². The van der Waals surface area contributed by atoms with Gasteiger partial charge in [0.05, 0.1) is 11.1 Å². The van der Waals surface area contributed by atoms with E-state index in [-0.39, 0.29) is 12.4 Å². The van der Waals surface area contributed by atoms with Gasteiger partial charge < -0.3 is 9.63 Å². The molecule has 0 saturated heterocycles. The summed E-state index contributed by atoms with van der Waals surface area (Å²) in [5, 5.41) is 12.6. The van der Waals surface area contributed by atoms with E-state index in [9.17, 15) is 4.39 Å². The molecule has 1 N–H and O–H groups in total. The lowest BCUT2D eigenvalue weighted by Crippen LogP contribution is -1.86. The Morgan fingerprint density at radius 2 is 2.19 bits per heavy atom. The second-order valence-corrected chi connectivity index (χ2v) is 4.14. The molecule has 2 aromatic rings. The lowest BCUT2D eigenvalue weighted by Gasteiger charge is -1.97. The van der Waals surface area contributed by atoms with Gasteiger partial charge in [0.25, 0.3) is 0 Å². The summed E-state index contributed by atoms with van der Waals surface area (Å²) in [6.45, 7) is 0.0156. The van der Waals surface area contributed by atoms with Gasteiger partial charge in [0.1, 0.15) is 17.3 Å². The summed E-state index contributed by atoms with van der Waals surface area (Å²) < 4.78 is 18.4. The lowest BCUT2D eigenvalue weighted by molar-refractivity contribution is 0.277. The van der Waals surface area contributed by atoms with Crippen LogP contribution in [0.25, 0.3) is 11.3 Å². The molecule has 1 aromatic heterocycles. The van der Waals surface area contributed by atoms with Gasteiger partial charge in [-0.05, 0) is 34.1 Å². The van der Waals surface area contributed by atoms with Crippen molar-refractivity contribution >= 4 is 15.9 Å². The van der Waals surface area contributed by atoms with Crippen LogP contribution in [0.3, 0.4) is 0 Å². The molecule has 0 unspecified atom stereocenters. The zero-order valence-electron chi connectivity index (χ0n) is 8.28. The summed E-state index contributed by atoms with van der Waals surface area (Å²) in [6.07, 6.45) is 0.426. The zero-order valence-corrected chi connectivity index (χ0v) is 9.87. The molecule has 1 heterocycles. The topological polar surface area (TPSA) is 46.3 Å². The number of aliphatic hydroxyl groups excluding tert-OH is 1. The molecule has 0 aliphatic heterocycles. The maximum absolute atomic E-state index is 13.0. The Balaban J connectivity index is 2.31.